The van der Waals surface area contributed by atoms with Crippen LogP contribution in [0.3, 0.4) is 0 Å². The molecule has 4 aromatic heterocycles. The van der Waals surface area contributed by atoms with Crippen LogP contribution in [0.2, 0.25) is 13.3 Å². The SMILES string of the molecule is CC(C)(C)OC(=O)N1CCC(Oc2cc3nc(Nc4cccc(F)c4)ncc3cc2Br)CC1.CCC[CH2][Sn]([CH2]CCC)([CH2]CCC)[c]1cscn1.CN1CCC(Oc2cc3nc(Nc4cccc(F)c4)ncc3cc2-c2cscn2)CC1. The predicted octanol–water partition coefficient (Wildman–Crippen LogP) is 16.4. The topological polar surface area (TPSA) is 153 Å². The Morgan fingerprint density at radius 1 is 0.683 bits per heavy atom. The Bertz CT molecular complexity index is 3270. The molecule has 8 aromatic rings. The van der Waals surface area contributed by atoms with Gasteiger partial charge in [-0.2, -0.15) is 0 Å². The van der Waals surface area contributed by atoms with Gasteiger partial charge < -0.3 is 34.6 Å². The van der Waals surface area contributed by atoms with Crippen LogP contribution in [-0.4, -0.2) is 115 Å². The van der Waals surface area contributed by atoms with Crippen molar-refractivity contribution in [2.75, 3.05) is 43.9 Å². The van der Waals surface area contributed by atoms with Crippen LogP contribution < -0.4 is 23.8 Å². The van der Waals surface area contributed by atoms with Crippen molar-refractivity contribution in [2.45, 2.75) is 137 Å². The number of aromatic nitrogens is 6. The van der Waals surface area contributed by atoms with Crippen LogP contribution >= 0.6 is 38.6 Å². The summed E-state index contributed by atoms with van der Waals surface area (Å²) in [7, 11) is 2.14. The molecule has 0 bridgehead atoms. The van der Waals surface area contributed by atoms with E-state index in [-0.39, 0.29) is 29.9 Å². The molecular formula is C62H77BrF2N10O4S2Sn. The number of carbonyl (C=O) groups excluding carboxylic acids is 1. The zero-order chi connectivity index (χ0) is 58.1. The van der Waals surface area contributed by atoms with Crippen LogP contribution in [0.15, 0.2) is 111 Å². The summed E-state index contributed by atoms with van der Waals surface area (Å²) in [5.41, 5.74) is 7.83. The minimum Gasteiger partial charge on any atom is -0.490 e. The monoisotopic (exact) mass is 1330 g/mol. The maximum atomic E-state index is 13.5. The first-order chi connectivity index (χ1) is 39.6. The van der Waals surface area contributed by atoms with Gasteiger partial charge in [-0.15, -0.1) is 11.3 Å². The van der Waals surface area contributed by atoms with Crippen LogP contribution in [0.4, 0.5) is 36.8 Å². The number of likely N-dealkylation sites (tertiary alicyclic amines) is 2. The Morgan fingerprint density at radius 3 is 1.70 bits per heavy atom. The van der Waals surface area contributed by atoms with E-state index in [4.69, 9.17) is 19.2 Å². The van der Waals surface area contributed by atoms with Crippen molar-refractivity contribution in [1.82, 2.24) is 39.7 Å². The zero-order valence-electron chi connectivity index (χ0n) is 48.2. The fourth-order valence-corrected chi connectivity index (χ4v) is 28.9. The molecule has 2 aliphatic rings. The third kappa shape index (κ3) is 18.2. The molecular weight excluding hydrogens is 1250 g/mol. The quantitative estimate of drug-likeness (QED) is 0.0739. The van der Waals surface area contributed by atoms with Gasteiger partial charge in [0.2, 0.25) is 11.9 Å². The number of thiazole rings is 2. The van der Waals surface area contributed by atoms with Crippen LogP contribution in [0, 0.1) is 11.6 Å². The molecule has 1 amide bonds. The van der Waals surface area contributed by atoms with E-state index in [1.807, 2.05) is 67.3 Å². The molecule has 14 nitrogen and oxygen atoms in total. The van der Waals surface area contributed by atoms with Gasteiger partial charge in [-0.05, 0) is 105 Å². The summed E-state index contributed by atoms with van der Waals surface area (Å²) in [6.45, 7) is 15.8. The number of halogens is 3. The second kappa shape index (κ2) is 30.3. The Balaban J connectivity index is 0.000000168. The molecule has 82 heavy (non-hydrogen) atoms. The average Bonchev–Trinajstić information content (AvgIpc) is 4.35. The summed E-state index contributed by atoms with van der Waals surface area (Å²) < 4.78 is 52.1. The van der Waals surface area contributed by atoms with E-state index in [1.165, 1.54) is 76.1 Å². The second-order valence-electron chi connectivity index (χ2n) is 22.1. The average molecular weight is 1330 g/mol. The normalized spacial score (nSPS) is 14.4. The van der Waals surface area contributed by atoms with Gasteiger partial charge >= 0.3 is 128 Å². The number of anilines is 4. The number of rotatable bonds is 19. The molecule has 0 radical (unpaired) electrons. The van der Waals surface area contributed by atoms with E-state index in [0.29, 0.717) is 60.5 Å². The molecule has 0 unspecified atom stereocenters. The third-order valence-corrected chi connectivity index (χ3v) is 32.0. The zero-order valence-corrected chi connectivity index (χ0v) is 54.3. The minimum atomic E-state index is -2.13. The third-order valence-electron chi connectivity index (χ3n) is 14.5. The number of carbonyl (C=O) groups is 1. The van der Waals surface area contributed by atoms with Crippen molar-refractivity contribution in [3.05, 3.63) is 123 Å². The molecule has 10 rings (SSSR count). The molecule has 20 heteroatoms. The fraction of sp³-hybridized carbons (Fsp3) is 0.435. The van der Waals surface area contributed by atoms with E-state index in [2.05, 4.69) is 95.1 Å². The number of unbranched alkanes of at least 4 members (excludes halogenated alkanes) is 3. The molecule has 2 saturated heterocycles. The van der Waals surface area contributed by atoms with Gasteiger partial charge in [0.1, 0.15) is 40.9 Å². The van der Waals surface area contributed by atoms with E-state index in [9.17, 15) is 13.6 Å². The molecule has 4 aromatic carbocycles. The number of nitrogens with one attached hydrogen (secondary N) is 2. The van der Waals surface area contributed by atoms with E-state index < -0.39 is 24.0 Å². The second-order valence-corrected chi connectivity index (χ2v) is 37.5. The molecule has 0 saturated carbocycles. The number of benzene rings is 4. The van der Waals surface area contributed by atoms with Crippen molar-refractivity contribution in [3.63, 3.8) is 0 Å². The molecule has 0 atom stereocenters. The number of nitrogens with zero attached hydrogens (tertiary/aromatic N) is 8. The van der Waals surface area contributed by atoms with Gasteiger partial charge in [0.05, 0.1) is 26.7 Å². The Morgan fingerprint density at radius 2 is 1.20 bits per heavy atom. The van der Waals surface area contributed by atoms with Crippen molar-refractivity contribution in [3.8, 4) is 22.8 Å². The number of ether oxygens (including phenoxy) is 3. The van der Waals surface area contributed by atoms with Gasteiger partial charge in [0.25, 0.3) is 0 Å². The first-order valence-electron chi connectivity index (χ1n) is 28.7. The van der Waals surface area contributed by atoms with Crippen LogP contribution in [-0.2, 0) is 4.74 Å². The molecule has 436 valence electrons. The van der Waals surface area contributed by atoms with E-state index >= 15 is 0 Å². The van der Waals surface area contributed by atoms with Gasteiger partial charge in [-0.3, -0.25) is 0 Å². The number of amides is 1. The van der Waals surface area contributed by atoms with Gasteiger partial charge in [0.15, 0.2) is 0 Å². The Kier molecular flexibility index (Phi) is 23.1. The summed E-state index contributed by atoms with van der Waals surface area (Å²) >= 11 is 4.80. The Labute approximate surface area is 502 Å². The smallest absolute Gasteiger partial charge is 0.227 e. The van der Waals surface area contributed by atoms with E-state index in [0.717, 1.165) is 63.7 Å². The Hall–Kier alpha value is -5.61. The van der Waals surface area contributed by atoms with Gasteiger partial charge in [-0.25, -0.2) is 38.5 Å². The number of fused-ring (bicyclic) bond motifs is 2. The van der Waals surface area contributed by atoms with Crippen molar-refractivity contribution in [2.24, 2.45) is 0 Å². The maximum Gasteiger partial charge on any atom is 0.227 e. The van der Waals surface area contributed by atoms with Gasteiger partial charge in [-0.1, -0.05) is 12.1 Å². The summed E-state index contributed by atoms with van der Waals surface area (Å²) in [6.07, 6.45) is 15.1. The summed E-state index contributed by atoms with van der Waals surface area (Å²) in [6, 6.07) is 20.1. The van der Waals surface area contributed by atoms with E-state index in [1.54, 1.807) is 56.6 Å². The standard InChI is InChI=1S/C24H26BrFN4O3.C23H22FN5OS.3C4H9.C3H2NS.Sn/c1-24(2,3)33-23(31)30-9-7-18(8-10-30)32-21-13-20-15(11-19(21)25)14-27-22(29-20)28-17-6-4-5-16(26)12-17;1-29-7-5-18(6-8-29)30-22-11-20-15(9-19(22)21-13-31-14-26-21)12-25-23(28-20)27-17-4-2-3-16(24)10-17;3*1-3-4-2;1-2-5-3-4-1;/h4-6,11-14,18H,7-10H2,1-3H3,(H,27,28,29);2-4,9-14,18H,5-8H2,1H3,(H,25,27,28);3*1,3-4H2,2H3;2-3H;. The summed E-state index contributed by atoms with van der Waals surface area (Å²) in [5.74, 6) is 1.58. The largest absolute Gasteiger partial charge is 0.490 e. The molecule has 2 N–H and O–H groups in total. The van der Waals surface area contributed by atoms with Crippen molar-refractivity contribution in [1.29, 1.82) is 0 Å². The number of hydrogen-bond acceptors (Lipinski definition) is 15. The van der Waals surface area contributed by atoms with Crippen LogP contribution in [0.5, 0.6) is 11.5 Å². The first kappa shape index (κ1) is 62.4. The van der Waals surface area contributed by atoms with Crippen LogP contribution in [0.1, 0.15) is 106 Å². The predicted molar refractivity (Wildman–Crippen MR) is 337 cm³/mol. The molecule has 2 aliphatic heterocycles. The molecule has 2 fully saturated rings. The van der Waals surface area contributed by atoms with Crippen molar-refractivity contribution < 1.29 is 27.8 Å². The minimum absolute atomic E-state index is 0.0239. The fourth-order valence-electron chi connectivity index (χ4n) is 10.1. The van der Waals surface area contributed by atoms with Crippen LogP contribution in [0.25, 0.3) is 33.1 Å². The molecule has 0 spiro atoms. The molecule has 0 aliphatic carbocycles. The number of hydrogen-bond donors (Lipinski definition) is 2. The van der Waals surface area contributed by atoms with Gasteiger partial charge in [0, 0.05) is 96.6 Å². The van der Waals surface area contributed by atoms with Crippen molar-refractivity contribution >= 4 is 112 Å². The first-order valence-corrected chi connectivity index (χ1v) is 38.8. The maximum absolute atomic E-state index is 13.5. The number of piperidine rings is 2. The molecule has 6 heterocycles. The summed E-state index contributed by atoms with van der Waals surface area (Å²) in [4.78, 5) is 43.5. The summed E-state index contributed by atoms with van der Waals surface area (Å²) in [5, 5.41) is 12.2.